The van der Waals surface area contributed by atoms with E-state index in [2.05, 4.69) is 30.2 Å². The molecule has 0 saturated carbocycles. The van der Waals surface area contributed by atoms with Gasteiger partial charge in [-0.3, -0.25) is 9.97 Å². The maximum Gasteiger partial charge on any atom is 0.418 e. The van der Waals surface area contributed by atoms with Gasteiger partial charge in [0.15, 0.2) is 0 Å². The van der Waals surface area contributed by atoms with Crippen molar-refractivity contribution >= 4 is 16.9 Å². The Morgan fingerprint density at radius 2 is 2.00 bits per heavy atom. The molecular weight excluding hydrogens is 285 g/mol. The summed E-state index contributed by atoms with van der Waals surface area (Å²) in [6.07, 6.45) is 2.13. The standard InChI is InChI=1S/C12H9F3N6/c13-12(14,15)8-5-19-11-9(8)10(20-6-21-11)18-4-7-3-16-1-2-17-7/h1-3,5-6H,4H2,(H2,18,19,20,21). The van der Waals surface area contributed by atoms with Crippen LogP contribution in [0.1, 0.15) is 11.3 Å². The van der Waals surface area contributed by atoms with E-state index in [0.29, 0.717) is 5.69 Å². The fraction of sp³-hybridized carbons (Fsp3) is 0.167. The van der Waals surface area contributed by atoms with Crippen molar-refractivity contribution in [1.29, 1.82) is 0 Å². The number of hydrogen-bond donors (Lipinski definition) is 2. The number of aromatic amines is 1. The van der Waals surface area contributed by atoms with Crippen LogP contribution in [-0.4, -0.2) is 24.9 Å². The normalized spacial score (nSPS) is 11.8. The number of rotatable bonds is 3. The minimum Gasteiger partial charge on any atom is -0.364 e. The predicted octanol–water partition coefficient (Wildman–Crippen LogP) is 2.38. The molecule has 108 valence electrons. The summed E-state index contributed by atoms with van der Waals surface area (Å²) < 4.78 is 38.9. The van der Waals surface area contributed by atoms with Crippen molar-refractivity contribution in [2.45, 2.75) is 12.7 Å². The minimum atomic E-state index is -4.48. The first-order valence-corrected chi connectivity index (χ1v) is 5.94. The van der Waals surface area contributed by atoms with Crippen LogP contribution in [0, 0.1) is 0 Å². The SMILES string of the molecule is FC(F)(F)c1c[nH]c2ncnc(NCc3cnccn3)c12. The van der Waals surface area contributed by atoms with Gasteiger partial charge in [-0.1, -0.05) is 0 Å². The molecule has 0 aliphatic heterocycles. The molecule has 3 aromatic heterocycles. The fourth-order valence-electron chi connectivity index (χ4n) is 1.92. The molecule has 0 amide bonds. The van der Waals surface area contributed by atoms with Crippen LogP contribution in [0.5, 0.6) is 0 Å². The molecule has 0 aliphatic carbocycles. The van der Waals surface area contributed by atoms with Crippen molar-refractivity contribution in [1.82, 2.24) is 24.9 Å². The van der Waals surface area contributed by atoms with E-state index >= 15 is 0 Å². The van der Waals surface area contributed by atoms with Gasteiger partial charge in [-0.15, -0.1) is 0 Å². The van der Waals surface area contributed by atoms with E-state index in [0.717, 1.165) is 6.20 Å². The highest BCUT2D eigenvalue weighted by molar-refractivity contribution is 5.90. The molecule has 0 spiro atoms. The van der Waals surface area contributed by atoms with Gasteiger partial charge in [0.25, 0.3) is 0 Å². The third-order valence-corrected chi connectivity index (χ3v) is 2.83. The maximum absolute atomic E-state index is 13.0. The van der Waals surface area contributed by atoms with E-state index in [1.54, 1.807) is 0 Å². The molecule has 21 heavy (non-hydrogen) atoms. The minimum absolute atomic E-state index is 0.0890. The number of alkyl halides is 3. The van der Waals surface area contributed by atoms with Gasteiger partial charge in [0.1, 0.15) is 17.8 Å². The third-order valence-electron chi connectivity index (χ3n) is 2.83. The molecule has 9 heteroatoms. The summed E-state index contributed by atoms with van der Waals surface area (Å²) in [6, 6.07) is 0. The van der Waals surface area contributed by atoms with Crippen molar-refractivity contribution in [2.75, 3.05) is 5.32 Å². The molecule has 0 atom stereocenters. The number of nitrogens with zero attached hydrogens (tertiary/aromatic N) is 4. The third kappa shape index (κ3) is 2.62. The van der Waals surface area contributed by atoms with Crippen LogP contribution in [0.4, 0.5) is 19.0 Å². The van der Waals surface area contributed by atoms with Crippen LogP contribution in [0.15, 0.2) is 31.1 Å². The maximum atomic E-state index is 13.0. The van der Waals surface area contributed by atoms with Gasteiger partial charge in [-0.2, -0.15) is 13.2 Å². The topological polar surface area (TPSA) is 79.4 Å². The van der Waals surface area contributed by atoms with E-state index in [1.165, 1.54) is 24.9 Å². The Bertz CT molecular complexity index is 753. The molecule has 0 aliphatic rings. The Hall–Kier alpha value is -2.71. The Morgan fingerprint density at radius 1 is 1.14 bits per heavy atom. The summed E-state index contributed by atoms with van der Waals surface area (Å²) in [7, 11) is 0. The summed E-state index contributed by atoms with van der Waals surface area (Å²) in [5.74, 6) is 0.0965. The van der Waals surface area contributed by atoms with E-state index in [-0.39, 0.29) is 23.4 Å². The fourth-order valence-corrected chi connectivity index (χ4v) is 1.92. The van der Waals surface area contributed by atoms with Gasteiger partial charge >= 0.3 is 6.18 Å². The summed E-state index contributed by atoms with van der Waals surface area (Å²) in [6.45, 7) is 0.211. The molecule has 0 unspecified atom stereocenters. The second-order valence-electron chi connectivity index (χ2n) is 4.20. The highest BCUT2D eigenvalue weighted by atomic mass is 19.4. The van der Waals surface area contributed by atoms with E-state index in [1.807, 2.05) is 0 Å². The lowest BCUT2D eigenvalue weighted by Gasteiger charge is -2.09. The number of fused-ring (bicyclic) bond motifs is 1. The van der Waals surface area contributed by atoms with Crippen LogP contribution >= 0.6 is 0 Å². The zero-order valence-corrected chi connectivity index (χ0v) is 10.5. The Balaban J connectivity index is 1.97. The highest BCUT2D eigenvalue weighted by Crippen LogP contribution is 2.36. The van der Waals surface area contributed by atoms with Crippen LogP contribution < -0.4 is 5.32 Å². The van der Waals surface area contributed by atoms with Crippen LogP contribution in [-0.2, 0) is 12.7 Å². The summed E-state index contributed by atoms with van der Waals surface area (Å²) in [5.41, 5.74) is -0.0907. The zero-order chi connectivity index (χ0) is 14.9. The van der Waals surface area contributed by atoms with Crippen LogP contribution in [0.2, 0.25) is 0 Å². The molecule has 0 aromatic carbocycles. The smallest absolute Gasteiger partial charge is 0.364 e. The molecule has 0 radical (unpaired) electrons. The van der Waals surface area contributed by atoms with Gasteiger partial charge in [0, 0.05) is 18.6 Å². The molecule has 0 bridgehead atoms. The van der Waals surface area contributed by atoms with Crippen molar-refractivity contribution < 1.29 is 13.2 Å². The van der Waals surface area contributed by atoms with Crippen molar-refractivity contribution in [3.8, 4) is 0 Å². The summed E-state index contributed by atoms with van der Waals surface area (Å²) in [5, 5.41) is 2.74. The van der Waals surface area contributed by atoms with Crippen LogP contribution in [0.3, 0.4) is 0 Å². The quantitative estimate of drug-likeness (QED) is 0.775. The summed E-state index contributed by atoms with van der Waals surface area (Å²) in [4.78, 5) is 18.1. The molecule has 3 aromatic rings. The van der Waals surface area contributed by atoms with Crippen LogP contribution in [0.25, 0.3) is 11.0 Å². The number of halogens is 3. The lowest BCUT2D eigenvalue weighted by Crippen LogP contribution is -2.08. The molecule has 0 fully saturated rings. The lowest BCUT2D eigenvalue weighted by molar-refractivity contribution is -0.136. The largest absolute Gasteiger partial charge is 0.418 e. The molecular formula is C12H9F3N6. The second kappa shape index (κ2) is 5.00. The summed E-state index contributed by atoms with van der Waals surface area (Å²) >= 11 is 0. The Kier molecular flexibility index (Phi) is 3.16. The number of H-pyrrole nitrogens is 1. The Morgan fingerprint density at radius 3 is 2.71 bits per heavy atom. The van der Waals surface area contributed by atoms with E-state index in [9.17, 15) is 13.2 Å². The number of hydrogen-bond acceptors (Lipinski definition) is 5. The van der Waals surface area contributed by atoms with Crippen molar-refractivity contribution in [2.24, 2.45) is 0 Å². The second-order valence-corrected chi connectivity index (χ2v) is 4.20. The van der Waals surface area contributed by atoms with E-state index < -0.39 is 11.7 Å². The molecule has 3 rings (SSSR count). The molecule has 6 nitrogen and oxygen atoms in total. The van der Waals surface area contributed by atoms with Gasteiger partial charge in [0.2, 0.25) is 0 Å². The molecule has 2 N–H and O–H groups in total. The van der Waals surface area contributed by atoms with Gasteiger partial charge in [0.05, 0.1) is 29.4 Å². The Labute approximate surface area is 116 Å². The number of nitrogens with one attached hydrogen (secondary N) is 2. The number of anilines is 1. The lowest BCUT2D eigenvalue weighted by atomic mass is 10.2. The van der Waals surface area contributed by atoms with Crippen molar-refractivity contribution in [3.63, 3.8) is 0 Å². The number of aromatic nitrogens is 5. The molecule has 0 saturated heterocycles. The average Bonchev–Trinajstić information content (AvgIpc) is 2.91. The monoisotopic (exact) mass is 294 g/mol. The predicted molar refractivity (Wildman–Crippen MR) is 68.2 cm³/mol. The zero-order valence-electron chi connectivity index (χ0n) is 10.5. The molecule has 3 heterocycles. The first-order valence-electron chi connectivity index (χ1n) is 5.94. The first-order chi connectivity index (χ1) is 10.1. The van der Waals surface area contributed by atoms with Gasteiger partial charge in [-0.05, 0) is 0 Å². The highest BCUT2D eigenvalue weighted by Gasteiger charge is 2.35. The van der Waals surface area contributed by atoms with Gasteiger partial charge in [-0.25, -0.2) is 9.97 Å². The van der Waals surface area contributed by atoms with Gasteiger partial charge < -0.3 is 10.3 Å². The average molecular weight is 294 g/mol. The first kappa shape index (κ1) is 13.3. The van der Waals surface area contributed by atoms with Crippen molar-refractivity contribution in [3.05, 3.63) is 42.4 Å². The van der Waals surface area contributed by atoms with E-state index in [4.69, 9.17) is 0 Å².